The quantitative estimate of drug-likeness (QED) is 0.865. The number of carbonyl (C=O) groups excluding carboxylic acids is 1. The number of amides is 1. The van der Waals surface area contributed by atoms with Crippen molar-refractivity contribution < 1.29 is 18.0 Å². The maximum absolute atomic E-state index is 12.6. The van der Waals surface area contributed by atoms with E-state index in [0.717, 1.165) is 4.90 Å². The fourth-order valence-corrected chi connectivity index (χ4v) is 1.91. The maximum Gasteiger partial charge on any atom is 0.406 e. The highest BCUT2D eigenvalue weighted by Crippen LogP contribution is 2.22. The Kier molecular flexibility index (Phi) is 5.03. The number of anilines is 1. The Morgan fingerprint density at radius 2 is 1.95 bits per heavy atom. The Hall–Kier alpha value is -1.72. The number of rotatable bonds is 4. The molecule has 0 bridgehead atoms. The highest BCUT2D eigenvalue weighted by Gasteiger charge is 2.34. The van der Waals surface area contributed by atoms with Gasteiger partial charge in [0, 0.05) is 12.2 Å². The average Bonchev–Trinajstić information content (AvgIpc) is 2.28. The highest BCUT2D eigenvalue weighted by atomic mass is 19.4. The van der Waals surface area contributed by atoms with E-state index >= 15 is 0 Å². The van der Waals surface area contributed by atoms with Crippen LogP contribution < -0.4 is 5.73 Å². The Morgan fingerprint density at radius 1 is 1.35 bits per heavy atom. The number of nitrogens with zero attached hydrogens (tertiary/aromatic N) is 1. The molecule has 1 aromatic carbocycles. The van der Waals surface area contributed by atoms with Crippen LogP contribution in [0.2, 0.25) is 0 Å². The summed E-state index contributed by atoms with van der Waals surface area (Å²) in [4.78, 5) is 13.1. The minimum atomic E-state index is -4.43. The summed E-state index contributed by atoms with van der Waals surface area (Å²) >= 11 is 0. The second-order valence-electron chi connectivity index (χ2n) is 5.23. The second-order valence-corrected chi connectivity index (χ2v) is 5.23. The lowest BCUT2D eigenvalue weighted by atomic mass is 10.1. The molecular formula is C14H19F3N2O. The van der Waals surface area contributed by atoms with Gasteiger partial charge in [0.2, 0.25) is 0 Å². The number of hydrogen-bond donors (Lipinski definition) is 1. The van der Waals surface area contributed by atoms with Crippen LogP contribution in [0.5, 0.6) is 0 Å². The maximum atomic E-state index is 12.6. The molecule has 0 saturated heterocycles. The molecule has 20 heavy (non-hydrogen) atoms. The standard InChI is InChI=1S/C14H19F3N2O/c1-9(2)7-19(8-14(15,16)17)13(20)11-6-4-5-10(3)12(11)18/h4-6,9H,7-8,18H2,1-3H3. The summed E-state index contributed by atoms with van der Waals surface area (Å²) in [5, 5.41) is 0. The molecule has 0 radical (unpaired) electrons. The summed E-state index contributed by atoms with van der Waals surface area (Å²) in [6.45, 7) is 4.00. The summed E-state index contributed by atoms with van der Waals surface area (Å²) in [5.41, 5.74) is 6.81. The van der Waals surface area contributed by atoms with E-state index in [4.69, 9.17) is 5.73 Å². The molecule has 0 aliphatic heterocycles. The molecule has 112 valence electrons. The van der Waals surface area contributed by atoms with Gasteiger partial charge >= 0.3 is 6.18 Å². The zero-order chi connectivity index (χ0) is 15.5. The van der Waals surface area contributed by atoms with E-state index in [-0.39, 0.29) is 23.7 Å². The largest absolute Gasteiger partial charge is 0.406 e. The minimum absolute atomic E-state index is 0.0335. The van der Waals surface area contributed by atoms with Crippen LogP contribution in [0, 0.1) is 12.8 Å². The summed E-state index contributed by atoms with van der Waals surface area (Å²) in [5.74, 6) is -0.746. The molecule has 0 unspecified atom stereocenters. The summed E-state index contributed by atoms with van der Waals surface area (Å²) in [7, 11) is 0. The molecule has 1 amide bonds. The molecule has 1 rings (SSSR count). The zero-order valence-electron chi connectivity index (χ0n) is 11.8. The number of benzene rings is 1. The van der Waals surface area contributed by atoms with Crippen molar-refractivity contribution in [3.63, 3.8) is 0 Å². The van der Waals surface area contributed by atoms with E-state index in [2.05, 4.69) is 0 Å². The van der Waals surface area contributed by atoms with Gasteiger partial charge in [-0.15, -0.1) is 0 Å². The van der Waals surface area contributed by atoms with Gasteiger partial charge in [-0.1, -0.05) is 26.0 Å². The number of nitrogens with two attached hydrogens (primary N) is 1. The van der Waals surface area contributed by atoms with E-state index < -0.39 is 18.6 Å². The molecule has 0 spiro atoms. The summed E-state index contributed by atoms with van der Waals surface area (Å²) in [6, 6.07) is 4.77. The van der Waals surface area contributed by atoms with Gasteiger partial charge in [-0.2, -0.15) is 13.2 Å². The third-order valence-corrected chi connectivity index (χ3v) is 2.80. The van der Waals surface area contributed by atoms with Gasteiger partial charge in [-0.25, -0.2) is 0 Å². The lowest BCUT2D eigenvalue weighted by Crippen LogP contribution is -2.41. The fraction of sp³-hybridized carbons (Fsp3) is 0.500. The first-order chi connectivity index (χ1) is 9.11. The van der Waals surface area contributed by atoms with E-state index in [9.17, 15) is 18.0 Å². The van der Waals surface area contributed by atoms with Crippen molar-refractivity contribution in [1.29, 1.82) is 0 Å². The summed E-state index contributed by atoms with van der Waals surface area (Å²) < 4.78 is 37.8. The van der Waals surface area contributed by atoms with Crippen molar-refractivity contribution in [2.75, 3.05) is 18.8 Å². The van der Waals surface area contributed by atoms with Crippen molar-refractivity contribution in [1.82, 2.24) is 4.90 Å². The molecule has 6 heteroatoms. The van der Waals surface area contributed by atoms with E-state index in [1.54, 1.807) is 32.9 Å². The molecule has 3 nitrogen and oxygen atoms in total. The Balaban J connectivity index is 3.06. The van der Waals surface area contributed by atoms with E-state index in [1.807, 2.05) is 0 Å². The lowest BCUT2D eigenvalue weighted by Gasteiger charge is -2.26. The molecule has 0 atom stereocenters. The first-order valence-corrected chi connectivity index (χ1v) is 6.33. The predicted octanol–water partition coefficient (Wildman–Crippen LogP) is 3.24. The average molecular weight is 288 g/mol. The molecule has 0 aliphatic carbocycles. The second kappa shape index (κ2) is 6.15. The van der Waals surface area contributed by atoms with E-state index in [1.165, 1.54) is 6.07 Å². The fourth-order valence-electron chi connectivity index (χ4n) is 1.91. The topological polar surface area (TPSA) is 46.3 Å². The smallest absolute Gasteiger partial charge is 0.398 e. The predicted molar refractivity (Wildman–Crippen MR) is 72.4 cm³/mol. The van der Waals surface area contributed by atoms with E-state index in [0.29, 0.717) is 5.56 Å². The van der Waals surface area contributed by atoms with Crippen molar-refractivity contribution >= 4 is 11.6 Å². The summed E-state index contributed by atoms with van der Waals surface area (Å²) in [6.07, 6.45) is -4.43. The number of hydrogen-bond acceptors (Lipinski definition) is 2. The number of carbonyl (C=O) groups is 1. The molecule has 1 aromatic rings. The zero-order valence-corrected chi connectivity index (χ0v) is 11.8. The van der Waals surface area contributed by atoms with Gasteiger partial charge in [0.1, 0.15) is 6.54 Å². The molecule has 0 saturated carbocycles. The van der Waals surface area contributed by atoms with Crippen LogP contribution >= 0.6 is 0 Å². The van der Waals surface area contributed by atoms with Crippen LogP contribution in [-0.2, 0) is 0 Å². The highest BCUT2D eigenvalue weighted by molar-refractivity contribution is 5.99. The van der Waals surface area contributed by atoms with Gasteiger partial charge in [0.15, 0.2) is 0 Å². The molecule has 0 aromatic heterocycles. The van der Waals surface area contributed by atoms with Gasteiger partial charge in [0.25, 0.3) is 5.91 Å². The van der Waals surface area contributed by atoms with Crippen LogP contribution in [0.3, 0.4) is 0 Å². The third-order valence-electron chi connectivity index (χ3n) is 2.80. The van der Waals surface area contributed by atoms with Crippen LogP contribution in [0.1, 0.15) is 29.8 Å². The number of para-hydroxylation sites is 1. The SMILES string of the molecule is Cc1cccc(C(=O)N(CC(C)C)CC(F)(F)F)c1N. The Labute approximate surface area is 116 Å². The Morgan fingerprint density at radius 3 is 2.45 bits per heavy atom. The van der Waals surface area contributed by atoms with Crippen molar-refractivity contribution in [2.24, 2.45) is 5.92 Å². The third kappa shape index (κ3) is 4.43. The monoisotopic (exact) mass is 288 g/mol. The van der Waals surface area contributed by atoms with Crippen molar-refractivity contribution in [2.45, 2.75) is 26.9 Å². The van der Waals surface area contributed by atoms with Gasteiger partial charge in [-0.05, 0) is 24.5 Å². The van der Waals surface area contributed by atoms with Gasteiger partial charge in [-0.3, -0.25) is 4.79 Å². The first-order valence-electron chi connectivity index (χ1n) is 6.33. The molecule has 0 heterocycles. The van der Waals surface area contributed by atoms with Gasteiger partial charge in [0.05, 0.1) is 5.56 Å². The first kappa shape index (κ1) is 16.3. The molecular weight excluding hydrogens is 269 g/mol. The van der Waals surface area contributed by atoms with Crippen LogP contribution in [-0.4, -0.2) is 30.1 Å². The van der Waals surface area contributed by atoms with Gasteiger partial charge < -0.3 is 10.6 Å². The normalized spacial score (nSPS) is 11.8. The van der Waals surface area contributed by atoms with Crippen LogP contribution in [0.25, 0.3) is 0 Å². The number of nitrogen functional groups attached to an aromatic ring is 1. The number of alkyl halides is 3. The lowest BCUT2D eigenvalue weighted by molar-refractivity contribution is -0.141. The Bertz CT molecular complexity index is 484. The molecule has 2 N–H and O–H groups in total. The number of aryl methyl sites for hydroxylation is 1. The molecule has 0 fully saturated rings. The van der Waals surface area contributed by atoms with Crippen LogP contribution in [0.4, 0.5) is 18.9 Å². The minimum Gasteiger partial charge on any atom is -0.398 e. The molecule has 0 aliphatic rings. The number of halogens is 3. The van der Waals surface area contributed by atoms with Crippen LogP contribution in [0.15, 0.2) is 18.2 Å². The van der Waals surface area contributed by atoms with Crippen molar-refractivity contribution in [3.05, 3.63) is 29.3 Å². The van der Waals surface area contributed by atoms with Crippen molar-refractivity contribution in [3.8, 4) is 0 Å².